The van der Waals surface area contributed by atoms with Crippen LogP contribution in [0.5, 0.6) is 0 Å². The van der Waals surface area contributed by atoms with Crippen molar-refractivity contribution in [2.24, 2.45) is 5.73 Å². The Bertz CT molecular complexity index is 497. The van der Waals surface area contributed by atoms with E-state index in [1.54, 1.807) is 18.6 Å². The third-order valence-electron chi connectivity index (χ3n) is 2.16. The highest BCUT2D eigenvalue weighted by atomic mass is 16.1. The fourth-order valence-electron chi connectivity index (χ4n) is 1.49. The van der Waals surface area contributed by atoms with Crippen LogP contribution in [0.15, 0.2) is 42.9 Å². The van der Waals surface area contributed by atoms with Crippen LogP contribution in [0.3, 0.4) is 0 Å². The first kappa shape index (κ1) is 10.3. The summed E-state index contributed by atoms with van der Waals surface area (Å²) in [6, 6.07) is 7.57. The first-order valence-electron chi connectivity index (χ1n) is 4.89. The number of hydrogen-bond donors (Lipinski definition) is 1. The van der Waals surface area contributed by atoms with Gasteiger partial charge in [-0.05, 0) is 11.6 Å². The molecule has 16 heavy (non-hydrogen) atoms. The molecule has 4 heteroatoms. The zero-order chi connectivity index (χ0) is 11.4. The van der Waals surface area contributed by atoms with Crippen molar-refractivity contribution in [3.63, 3.8) is 0 Å². The van der Waals surface area contributed by atoms with E-state index in [2.05, 4.69) is 9.97 Å². The summed E-state index contributed by atoms with van der Waals surface area (Å²) in [6.07, 6.45) is 5.18. The van der Waals surface area contributed by atoms with Gasteiger partial charge < -0.3 is 5.73 Å². The summed E-state index contributed by atoms with van der Waals surface area (Å²) < 4.78 is 0. The minimum absolute atomic E-state index is 0.244. The van der Waals surface area contributed by atoms with E-state index in [1.807, 2.05) is 24.3 Å². The summed E-state index contributed by atoms with van der Waals surface area (Å²) in [5, 5.41) is 0. The van der Waals surface area contributed by atoms with E-state index in [4.69, 9.17) is 5.73 Å². The molecule has 0 bridgehead atoms. The lowest BCUT2D eigenvalue weighted by Gasteiger charge is -2.02. The smallest absolute Gasteiger partial charge is 0.221 e. The van der Waals surface area contributed by atoms with E-state index >= 15 is 0 Å². The Morgan fingerprint density at radius 2 is 2.19 bits per heavy atom. The maximum Gasteiger partial charge on any atom is 0.221 e. The lowest BCUT2D eigenvalue weighted by molar-refractivity contribution is -0.117. The minimum atomic E-state index is -0.337. The standard InChI is InChI=1S/C12H11N3O/c13-12(16)7-9-2-1-3-10(6-9)11-8-14-4-5-15-11/h1-6,8H,7H2,(H2,13,16). The van der Waals surface area contributed by atoms with Gasteiger partial charge in [0.25, 0.3) is 0 Å². The largest absolute Gasteiger partial charge is 0.369 e. The van der Waals surface area contributed by atoms with Crippen molar-refractivity contribution in [1.82, 2.24) is 9.97 Å². The molecule has 0 saturated heterocycles. The van der Waals surface area contributed by atoms with E-state index in [0.717, 1.165) is 16.8 Å². The number of rotatable bonds is 3. The van der Waals surface area contributed by atoms with Gasteiger partial charge in [0, 0.05) is 18.0 Å². The first-order chi connectivity index (χ1) is 7.75. The number of amides is 1. The van der Waals surface area contributed by atoms with Gasteiger partial charge in [0.05, 0.1) is 18.3 Å². The Kier molecular flexibility index (Phi) is 2.91. The van der Waals surface area contributed by atoms with E-state index in [-0.39, 0.29) is 12.3 Å². The number of nitrogens with two attached hydrogens (primary N) is 1. The van der Waals surface area contributed by atoms with Gasteiger partial charge in [-0.25, -0.2) is 0 Å². The van der Waals surface area contributed by atoms with Crippen LogP contribution in [0.4, 0.5) is 0 Å². The Labute approximate surface area is 93.2 Å². The molecule has 0 saturated carbocycles. The number of benzene rings is 1. The van der Waals surface area contributed by atoms with E-state index < -0.39 is 0 Å². The maximum atomic E-state index is 10.8. The number of primary amides is 1. The molecule has 0 unspecified atom stereocenters. The highest BCUT2D eigenvalue weighted by molar-refractivity contribution is 5.77. The molecule has 1 aromatic carbocycles. The second-order valence-corrected chi connectivity index (χ2v) is 3.43. The molecule has 1 amide bonds. The van der Waals surface area contributed by atoms with Gasteiger partial charge in [-0.2, -0.15) is 0 Å². The van der Waals surface area contributed by atoms with Gasteiger partial charge in [-0.1, -0.05) is 18.2 Å². The molecule has 1 heterocycles. The highest BCUT2D eigenvalue weighted by Gasteiger charge is 2.02. The molecule has 0 spiro atoms. The van der Waals surface area contributed by atoms with Gasteiger partial charge in [0.2, 0.25) is 5.91 Å². The average Bonchev–Trinajstić information content (AvgIpc) is 2.30. The third kappa shape index (κ3) is 2.42. The van der Waals surface area contributed by atoms with Gasteiger partial charge in [-0.3, -0.25) is 14.8 Å². The maximum absolute atomic E-state index is 10.8. The zero-order valence-corrected chi connectivity index (χ0v) is 8.63. The van der Waals surface area contributed by atoms with E-state index in [0.29, 0.717) is 0 Å². The summed E-state index contributed by atoms with van der Waals surface area (Å²) in [5.41, 5.74) is 7.75. The summed E-state index contributed by atoms with van der Waals surface area (Å²) in [6.45, 7) is 0. The number of aromatic nitrogens is 2. The van der Waals surface area contributed by atoms with Crippen LogP contribution in [0, 0.1) is 0 Å². The number of carbonyl (C=O) groups excluding carboxylic acids is 1. The van der Waals surface area contributed by atoms with Crippen LogP contribution in [-0.4, -0.2) is 15.9 Å². The lowest BCUT2D eigenvalue weighted by atomic mass is 10.1. The van der Waals surface area contributed by atoms with Gasteiger partial charge >= 0.3 is 0 Å². The van der Waals surface area contributed by atoms with Crippen LogP contribution in [0.1, 0.15) is 5.56 Å². The van der Waals surface area contributed by atoms with Crippen molar-refractivity contribution >= 4 is 5.91 Å². The van der Waals surface area contributed by atoms with Crippen LogP contribution >= 0.6 is 0 Å². The average molecular weight is 213 g/mol. The van der Waals surface area contributed by atoms with Crippen molar-refractivity contribution in [3.8, 4) is 11.3 Å². The molecular weight excluding hydrogens is 202 g/mol. The molecule has 0 aliphatic rings. The van der Waals surface area contributed by atoms with Gasteiger partial charge in [-0.15, -0.1) is 0 Å². The quantitative estimate of drug-likeness (QED) is 0.832. The minimum Gasteiger partial charge on any atom is -0.369 e. The second-order valence-electron chi connectivity index (χ2n) is 3.43. The lowest BCUT2D eigenvalue weighted by Crippen LogP contribution is -2.13. The van der Waals surface area contributed by atoms with Crippen molar-refractivity contribution < 1.29 is 4.79 Å². The zero-order valence-electron chi connectivity index (χ0n) is 8.63. The molecule has 1 aromatic heterocycles. The first-order valence-corrected chi connectivity index (χ1v) is 4.89. The number of nitrogens with zero attached hydrogens (tertiary/aromatic N) is 2. The van der Waals surface area contributed by atoms with Crippen molar-refractivity contribution in [2.75, 3.05) is 0 Å². The Morgan fingerprint density at radius 3 is 2.88 bits per heavy atom. The number of carbonyl (C=O) groups is 1. The molecular formula is C12H11N3O. The number of hydrogen-bond acceptors (Lipinski definition) is 3. The third-order valence-corrected chi connectivity index (χ3v) is 2.16. The van der Waals surface area contributed by atoms with Crippen LogP contribution < -0.4 is 5.73 Å². The molecule has 2 aromatic rings. The highest BCUT2D eigenvalue weighted by Crippen LogP contribution is 2.16. The summed E-state index contributed by atoms with van der Waals surface area (Å²) in [5.74, 6) is -0.337. The van der Waals surface area contributed by atoms with Crippen molar-refractivity contribution in [2.45, 2.75) is 6.42 Å². The molecule has 0 aliphatic heterocycles. The molecule has 0 aliphatic carbocycles. The summed E-state index contributed by atoms with van der Waals surface area (Å²) in [7, 11) is 0. The molecule has 0 radical (unpaired) electrons. The van der Waals surface area contributed by atoms with Gasteiger partial charge in [0.15, 0.2) is 0 Å². The normalized spacial score (nSPS) is 10.0. The van der Waals surface area contributed by atoms with Crippen LogP contribution in [0.2, 0.25) is 0 Å². The fourth-order valence-corrected chi connectivity index (χ4v) is 1.49. The van der Waals surface area contributed by atoms with Crippen LogP contribution in [-0.2, 0) is 11.2 Å². The van der Waals surface area contributed by atoms with E-state index in [9.17, 15) is 4.79 Å². The fraction of sp³-hybridized carbons (Fsp3) is 0.0833. The summed E-state index contributed by atoms with van der Waals surface area (Å²) >= 11 is 0. The predicted octanol–water partition coefficient (Wildman–Crippen LogP) is 1.17. The van der Waals surface area contributed by atoms with Crippen LogP contribution in [0.25, 0.3) is 11.3 Å². The summed E-state index contributed by atoms with van der Waals surface area (Å²) in [4.78, 5) is 19.0. The predicted molar refractivity (Wildman–Crippen MR) is 60.4 cm³/mol. The SMILES string of the molecule is NC(=O)Cc1cccc(-c2cnccn2)c1. The Hall–Kier alpha value is -2.23. The second kappa shape index (κ2) is 4.53. The monoisotopic (exact) mass is 213 g/mol. The van der Waals surface area contributed by atoms with E-state index in [1.165, 1.54) is 0 Å². The molecule has 0 atom stereocenters. The molecule has 0 fully saturated rings. The topological polar surface area (TPSA) is 68.9 Å². The van der Waals surface area contributed by atoms with Crippen molar-refractivity contribution in [1.29, 1.82) is 0 Å². The molecule has 80 valence electrons. The molecule has 2 rings (SSSR count). The Morgan fingerprint density at radius 1 is 1.31 bits per heavy atom. The van der Waals surface area contributed by atoms with Crippen molar-refractivity contribution in [3.05, 3.63) is 48.4 Å². The Balaban J connectivity index is 2.33. The molecule has 4 nitrogen and oxygen atoms in total. The molecule has 2 N–H and O–H groups in total. The van der Waals surface area contributed by atoms with Gasteiger partial charge in [0.1, 0.15) is 0 Å².